The molecule has 0 saturated carbocycles. The zero-order chi connectivity index (χ0) is 18.9. The van der Waals surface area contributed by atoms with Crippen molar-refractivity contribution in [3.63, 3.8) is 0 Å². The van der Waals surface area contributed by atoms with E-state index in [-0.39, 0.29) is 17.5 Å². The Hall–Kier alpha value is -2.35. The number of benzene rings is 1. The minimum Gasteiger partial charge on any atom is -0.353 e. The fourth-order valence-corrected chi connectivity index (χ4v) is 2.99. The molecule has 2 heterocycles. The van der Waals surface area contributed by atoms with Gasteiger partial charge >= 0.3 is 6.18 Å². The molecule has 3 rings (SSSR count). The first-order chi connectivity index (χ1) is 12.2. The van der Waals surface area contributed by atoms with Crippen LogP contribution >= 0.6 is 11.6 Å². The Morgan fingerprint density at radius 1 is 1.12 bits per heavy atom. The fraction of sp³-hybridized carbons (Fsp3) is 0.353. The van der Waals surface area contributed by atoms with Crippen molar-refractivity contribution in [1.29, 1.82) is 0 Å². The first-order valence-electron chi connectivity index (χ1n) is 7.97. The summed E-state index contributed by atoms with van der Waals surface area (Å²) in [6.07, 6.45) is -4.52. The molecular weight excluding hydrogens is 369 g/mol. The Balaban J connectivity index is 1.71. The number of carbonyl (C=O) groups excluding carboxylic acids is 1. The molecule has 138 valence electrons. The lowest BCUT2D eigenvalue weighted by atomic mass is 10.2. The van der Waals surface area contributed by atoms with E-state index in [2.05, 4.69) is 9.97 Å². The van der Waals surface area contributed by atoms with E-state index in [0.29, 0.717) is 36.8 Å². The van der Waals surface area contributed by atoms with Gasteiger partial charge in [-0.25, -0.2) is 9.97 Å². The van der Waals surface area contributed by atoms with E-state index < -0.39 is 11.9 Å². The summed E-state index contributed by atoms with van der Waals surface area (Å²) in [5.74, 6) is 0.133. The zero-order valence-corrected chi connectivity index (χ0v) is 14.7. The van der Waals surface area contributed by atoms with E-state index in [1.807, 2.05) is 0 Å². The summed E-state index contributed by atoms with van der Waals surface area (Å²) in [6, 6.07) is 7.62. The van der Waals surface area contributed by atoms with Gasteiger partial charge in [-0.1, -0.05) is 17.7 Å². The van der Waals surface area contributed by atoms with Crippen molar-refractivity contribution in [2.45, 2.75) is 13.1 Å². The predicted molar refractivity (Wildman–Crippen MR) is 91.3 cm³/mol. The number of aromatic nitrogens is 2. The molecule has 1 aliphatic heterocycles. The average Bonchev–Trinajstić information content (AvgIpc) is 2.60. The molecule has 0 spiro atoms. The van der Waals surface area contributed by atoms with Crippen LogP contribution in [0, 0.1) is 6.92 Å². The van der Waals surface area contributed by atoms with Gasteiger partial charge in [-0.2, -0.15) is 13.2 Å². The molecule has 1 fully saturated rings. The third-order valence-corrected chi connectivity index (χ3v) is 4.31. The van der Waals surface area contributed by atoms with Crippen LogP contribution in [0.4, 0.5) is 19.0 Å². The number of amides is 1. The van der Waals surface area contributed by atoms with Gasteiger partial charge in [0.2, 0.25) is 0 Å². The van der Waals surface area contributed by atoms with Crippen LogP contribution in [0.3, 0.4) is 0 Å². The largest absolute Gasteiger partial charge is 0.433 e. The van der Waals surface area contributed by atoms with Crippen molar-refractivity contribution in [2.75, 3.05) is 31.1 Å². The molecule has 0 aliphatic carbocycles. The molecule has 0 radical (unpaired) electrons. The summed E-state index contributed by atoms with van der Waals surface area (Å²) >= 11 is 5.91. The monoisotopic (exact) mass is 384 g/mol. The van der Waals surface area contributed by atoms with E-state index in [9.17, 15) is 18.0 Å². The molecule has 1 aromatic heterocycles. The molecule has 26 heavy (non-hydrogen) atoms. The number of alkyl halides is 3. The fourth-order valence-electron chi connectivity index (χ4n) is 2.80. The van der Waals surface area contributed by atoms with Crippen LogP contribution < -0.4 is 4.90 Å². The predicted octanol–water partition coefficient (Wildman–Crippen LogP) is 3.42. The van der Waals surface area contributed by atoms with Crippen molar-refractivity contribution < 1.29 is 18.0 Å². The Kier molecular flexibility index (Phi) is 5.04. The highest BCUT2D eigenvalue weighted by Crippen LogP contribution is 2.30. The molecule has 5 nitrogen and oxygen atoms in total. The molecule has 2 aromatic rings. The lowest BCUT2D eigenvalue weighted by Gasteiger charge is -2.35. The van der Waals surface area contributed by atoms with Crippen molar-refractivity contribution in [2.24, 2.45) is 0 Å². The highest BCUT2D eigenvalue weighted by Gasteiger charge is 2.34. The maximum Gasteiger partial charge on any atom is 0.433 e. The number of rotatable bonds is 2. The van der Waals surface area contributed by atoms with Crippen molar-refractivity contribution in [3.8, 4) is 0 Å². The second-order valence-corrected chi connectivity index (χ2v) is 6.38. The molecule has 0 atom stereocenters. The van der Waals surface area contributed by atoms with Crippen molar-refractivity contribution >= 4 is 23.3 Å². The standard InChI is InChI=1S/C17H16ClF3N4O/c1-11-22-14(17(19,20)21)10-15(23-11)24-5-7-25(8-6-24)16(26)12-3-2-4-13(18)9-12/h2-4,9-10H,5-8H2,1H3. The highest BCUT2D eigenvalue weighted by atomic mass is 35.5. The molecule has 1 aromatic carbocycles. The number of aryl methyl sites for hydroxylation is 1. The first-order valence-corrected chi connectivity index (χ1v) is 8.34. The quantitative estimate of drug-likeness (QED) is 0.796. The number of hydrogen-bond donors (Lipinski definition) is 0. The number of carbonyl (C=O) groups is 1. The maximum atomic E-state index is 12.9. The summed E-state index contributed by atoms with van der Waals surface area (Å²) in [6.45, 7) is 2.98. The minimum absolute atomic E-state index is 0.0623. The Morgan fingerprint density at radius 3 is 2.42 bits per heavy atom. The van der Waals surface area contributed by atoms with Crippen LogP contribution in [0.15, 0.2) is 30.3 Å². The third-order valence-electron chi connectivity index (χ3n) is 4.08. The summed E-state index contributed by atoms with van der Waals surface area (Å²) < 4.78 is 38.8. The average molecular weight is 385 g/mol. The van der Waals surface area contributed by atoms with Gasteiger partial charge in [0.15, 0.2) is 0 Å². The third kappa shape index (κ3) is 4.07. The van der Waals surface area contributed by atoms with Crippen LogP contribution in [-0.4, -0.2) is 47.0 Å². The number of halogens is 4. The summed E-state index contributed by atoms with van der Waals surface area (Å²) in [7, 11) is 0. The second-order valence-electron chi connectivity index (χ2n) is 5.95. The molecule has 0 N–H and O–H groups in total. The van der Waals surface area contributed by atoms with E-state index in [1.54, 1.807) is 34.1 Å². The molecule has 9 heteroatoms. The molecule has 0 unspecified atom stereocenters. The summed E-state index contributed by atoms with van der Waals surface area (Å²) in [5, 5.41) is 0.477. The molecule has 1 saturated heterocycles. The number of nitrogens with zero attached hydrogens (tertiary/aromatic N) is 4. The zero-order valence-electron chi connectivity index (χ0n) is 13.9. The van der Waals surface area contributed by atoms with Crippen LogP contribution in [0.2, 0.25) is 5.02 Å². The first kappa shape index (κ1) is 18.4. The maximum absolute atomic E-state index is 12.9. The van der Waals surface area contributed by atoms with Gasteiger partial charge in [0.05, 0.1) is 0 Å². The Bertz CT molecular complexity index is 820. The van der Waals surface area contributed by atoms with E-state index in [0.717, 1.165) is 6.07 Å². The van der Waals surface area contributed by atoms with Gasteiger partial charge in [-0.3, -0.25) is 4.79 Å². The lowest BCUT2D eigenvalue weighted by Crippen LogP contribution is -2.49. The number of piperazine rings is 1. The van der Waals surface area contributed by atoms with Crippen molar-refractivity contribution in [3.05, 3.63) is 52.4 Å². The summed E-state index contributed by atoms with van der Waals surface area (Å²) in [4.78, 5) is 23.4. The van der Waals surface area contributed by atoms with Crippen LogP contribution in [0.5, 0.6) is 0 Å². The summed E-state index contributed by atoms with van der Waals surface area (Å²) in [5.41, 5.74) is -0.472. The van der Waals surface area contributed by atoms with Crippen LogP contribution in [-0.2, 0) is 6.18 Å². The Labute approximate surface area is 153 Å². The molecule has 1 amide bonds. The van der Waals surface area contributed by atoms with E-state index in [1.165, 1.54) is 6.92 Å². The van der Waals surface area contributed by atoms with Crippen molar-refractivity contribution in [1.82, 2.24) is 14.9 Å². The number of hydrogen-bond acceptors (Lipinski definition) is 4. The van der Waals surface area contributed by atoms with Gasteiger partial charge in [0.25, 0.3) is 5.91 Å². The van der Waals surface area contributed by atoms with Gasteiger partial charge in [-0.05, 0) is 25.1 Å². The smallest absolute Gasteiger partial charge is 0.353 e. The second kappa shape index (κ2) is 7.11. The lowest BCUT2D eigenvalue weighted by molar-refractivity contribution is -0.141. The molecular formula is C17H16ClF3N4O. The Morgan fingerprint density at radius 2 is 1.81 bits per heavy atom. The van der Waals surface area contributed by atoms with E-state index in [4.69, 9.17) is 11.6 Å². The van der Waals surface area contributed by atoms with Gasteiger partial charge in [0, 0.05) is 42.8 Å². The van der Waals surface area contributed by atoms with Gasteiger partial charge in [0.1, 0.15) is 17.3 Å². The highest BCUT2D eigenvalue weighted by molar-refractivity contribution is 6.30. The minimum atomic E-state index is -4.52. The van der Waals surface area contributed by atoms with Gasteiger partial charge < -0.3 is 9.80 Å². The van der Waals surface area contributed by atoms with Crippen LogP contribution in [0.1, 0.15) is 21.9 Å². The SMILES string of the molecule is Cc1nc(N2CCN(C(=O)c3cccc(Cl)c3)CC2)cc(C(F)(F)F)n1. The van der Waals surface area contributed by atoms with Gasteiger partial charge in [-0.15, -0.1) is 0 Å². The van der Waals surface area contributed by atoms with E-state index >= 15 is 0 Å². The molecule has 0 bridgehead atoms. The van der Waals surface area contributed by atoms with Crippen LogP contribution in [0.25, 0.3) is 0 Å². The molecule has 1 aliphatic rings. The normalized spacial score (nSPS) is 15.3. The topological polar surface area (TPSA) is 49.3 Å². The number of anilines is 1.